The minimum absolute atomic E-state index is 0.117. The molecule has 0 saturated carbocycles. The number of anilines is 1. The molecule has 0 amide bonds. The average Bonchev–Trinajstić information content (AvgIpc) is 2.49. The van der Waals surface area contributed by atoms with Crippen molar-refractivity contribution >= 4 is 16.5 Å². The van der Waals surface area contributed by atoms with Gasteiger partial charge < -0.3 is 5.73 Å². The van der Waals surface area contributed by atoms with Crippen molar-refractivity contribution in [1.29, 1.82) is 0 Å². The van der Waals surface area contributed by atoms with Gasteiger partial charge in [-0.3, -0.25) is 0 Å². The zero-order valence-corrected chi connectivity index (χ0v) is 8.74. The SMILES string of the molecule is Cc1cc(F)c(-c2csc(N)n2)c(F)c1. The van der Waals surface area contributed by atoms with E-state index in [1.165, 1.54) is 17.5 Å². The Morgan fingerprint density at radius 2 is 1.87 bits per heavy atom. The lowest BCUT2D eigenvalue weighted by Gasteiger charge is -2.02. The Bertz CT molecular complexity index is 485. The average molecular weight is 226 g/mol. The third kappa shape index (κ3) is 1.83. The first-order chi connectivity index (χ1) is 7.08. The minimum atomic E-state index is -0.613. The molecule has 15 heavy (non-hydrogen) atoms. The van der Waals surface area contributed by atoms with Crippen molar-refractivity contribution in [2.75, 3.05) is 5.73 Å². The smallest absolute Gasteiger partial charge is 0.180 e. The molecule has 5 heteroatoms. The first-order valence-electron chi connectivity index (χ1n) is 4.25. The summed E-state index contributed by atoms with van der Waals surface area (Å²) in [6, 6.07) is 2.54. The Morgan fingerprint density at radius 3 is 2.33 bits per heavy atom. The molecule has 2 rings (SSSR count). The Balaban J connectivity index is 2.62. The molecule has 2 aromatic rings. The molecule has 1 aromatic heterocycles. The summed E-state index contributed by atoms with van der Waals surface area (Å²) in [5, 5.41) is 1.83. The molecule has 0 fully saturated rings. The summed E-state index contributed by atoms with van der Waals surface area (Å²) in [4.78, 5) is 3.85. The number of halogens is 2. The Labute approximate surface area is 89.4 Å². The first kappa shape index (κ1) is 10.0. The molecule has 0 unspecified atom stereocenters. The first-order valence-corrected chi connectivity index (χ1v) is 5.13. The van der Waals surface area contributed by atoms with Gasteiger partial charge in [-0.15, -0.1) is 11.3 Å². The number of rotatable bonds is 1. The molecule has 0 aliphatic heterocycles. The van der Waals surface area contributed by atoms with Crippen molar-refractivity contribution in [3.05, 3.63) is 34.7 Å². The highest BCUT2D eigenvalue weighted by atomic mass is 32.1. The summed E-state index contributed by atoms with van der Waals surface area (Å²) in [6.07, 6.45) is 0. The Morgan fingerprint density at radius 1 is 1.27 bits per heavy atom. The van der Waals surface area contributed by atoms with Crippen LogP contribution in [0.2, 0.25) is 0 Å². The Hall–Kier alpha value is -1.49. The van der Waals surface area contributed by atoms with E-state index in [2.05, 4.69) is 4.98 Å². The van der Waals surface area contributed by atoms with Crippen LogP contribution in [0.3, 0.4) is 0 Å². The maximum atomic E-state index is 13.5. The number of hydrogen-bond donors (Lipinski definition) is 1. The van der Waals surface area contributed by atoms with Crippen LogP contribution in [0.5, 0.6) is 0 Å². The lowest BCUT2D eigenvalue weighted by atomic mass is 10.1. The second-order valence-electron chi connectivity index (χ2n) is 3.17. The van der Waals surface area contributed by atoms with Gasteiger partial charge in [0.25, 0.3) is 0 Å². The zero-order chi connectivity index (χ0) is 11.0. The topological polar surface area (TPSA) is 38.9 Å². The molecule has 0 aliphatic carbocycles. The van der Waals surface area contributed by atoms with Crippen LogP contribution in [0.4, 0.5) is 13.9 Å². The summed E-state index contributed by atoms with van der Waals surface area (Å²) in [5.74, 6) is -1.23. The van der Waals surface area contributed by atoms with Crippen LogP contribution >= 0.6 is 11.3 Å². The highest BCUT2D eigenvalue weighted by molar-refractivity contribution is 7.13. The van der Waals surface area contributed by atoms with Gasteiger partial charge in [-0.05, 0) is 24.6 Å². The monoisotopic (exact) mass is 226 g/mol. The second kappa shape index (κ2) is 3.58. The van der Waals surface area contributed by atoms with Gasteiger partial charge in [0.05, 0.1) is 11.3 Å². The maximum absolute atomic E-state index is 13.5. The minimum Gasteiger partial charge on any atom is -0.375 e. The van der Waals surface area contributed by atoms with Gasteiger partial charge in [0, 0.05) is 5.38 Å². The van der Waals surface area contributed by atoms with Crippen LogP contribution in [-0.4, -0.2) is 4.98 Å². The molecule has 2 nitrogen and oxygen atoms in total. The fraction of sp³-hybridized carbons (Fsp3) is 0.100. The predicted molar refractivity (Wildman–Crippen MR) is 56.6 cm³/mol. The highest BCUT2D eigenvalue weighted by Gasteiger charge is 2.14. The molecule has 0 saturated heterocycles. The van der Waals surface area contributed by atoms with Crippen molar-refractivity contribution in [2.24, 2.45) is 0 Å². The van der Waals surface area contributed by atoms with Crippen molar-refractivity contribution in [1.82, 2.24) is 4.98 Å². The molecule has 0 bridgehead atoms. The van der Waals surface area contributed by atoms with Gasteiger partial charge in [-0.25, -0.2) is 13.8 Å². The number of hydrogen-bond acceptors (Lipinski definition) is 3. The molecule has 0 aliphatic rings. The predicted octanol–water partition coefficient (Wildman–Crippen LogP) is 2.98. The van der Waals surface area contributed by atoms with Crippen molar-refractivity contribution in [2.45, 2.75) is 6.92 Å². The summed E-state index contributed by atoms with van der Waals surface area (Å²) >= 11 is 1.15. The van der Waals surface area contributed by atoms with Crippen molar-refractivity contribution < 1.29 is 8.78 Å². The maximum Gasteiger partial charge on any atom is 0.180 e. The molecular weight excluding hydrogens is 218 g/mol. The fourth-order valence-corrected chi connectivity index (χ4v) is 1.90. The third-order valence-electron chi connectivity index (χ3n) is 1.96. The number of aryl methyl sites for hydroxylation is 1. The van der Waals surface area contributed by atoms with Gasteiger partial charge in [-0.1, -0.05) is 0 Å². The van der Waals surface area contributed by atoms with Gasteiger partial charge >= 0.3 is 0 Å². The van der Waals surface area contributed by atoms with Crippen LogP contribution in [0.15, 0.2) is 17.5 Å². The van der Waals surface area contributed by atoms with Crippen LogP contribution < -0.4 is 5.73 Å². The quantitative estimate of drug-likeness (QED) is 0.811. The zero-order valence-electron chi connectivity index (χ0n) is 7.92. The van der Waals surface area contributed by atoms with Crippen molar-refractivity contribution in [3.8, 4) is 11.3 Å². The summed E-state index contributed by atoms with van der Waals surface area (Å²) in [5.41, 5.74) is 6.07. The molecule has 1 heterocycles. The van der Waals surface area contributed by atoms with E-state index >= 15 is 0 Å². The molecule has 2 N–H and O–H groups in total. The molecule has 78 valence electrons. The molecule has 0 atom stereocenters. The van der Waals surface area contributed by atoms with E-state index in [1.54, 1.807) is 6.92 Å². The van der Waals surface area contributed by atoms with Gasteiger partial charge in [-0.2, -0.15) is 0 Å². The number of thiazole rings is 1. The van der Waals surface area contributed by atoms with Crippen LogP contribution in [0.1, 0.15) is 5.56 Å². The number of aromatic nitrogens is 1. The lowest BCUT2D eigenvalue weighted by molar-refractivity contribution is 0.587. The summed E-state index contributed by atoms with van der Waals surface area (Å²) in [6.45, 7) is 1.63. The van der Waals surface area contributed by atoms with E-state index in [0.29, 0.717) is 10.7 Å². The van der Waals surface area contributed by atoms with Gasteiger partial charge in [0.1, 0.15) is 11.6 Å². The van der Waals surface area contributed by atoms with E-state index < -0.39 is 11.6 Å². The third-order valence-corrected chi connectivity index (χ3v) is 2.64. The molecule has 0 radical (unpaired) electrons. The fourth-order valence-electron chi connectivity index (χ4n) is 1.35. The number of nitrogen functional groups attached to an aromatic ring is 1. The van der Waals surface area contributed by atoms with E-state index in [-0.39, 0.29) is 11.3 Å². The number of benzene rings is 1. The van der Waals surface area contributed by atoms with E-state index in [0.717, 1.165) is 11.3 Å². The Kier molecular flexibility index (Phi) is 2.40. The summed E-state index contributed by atoms with van der Waals surface area (Å²) in [7, 11) is 0. The summed E-state index contributed by atoms with van der Waals surface area (Å²) < 4.78 is 27.0. The van der Waals surface area contributed by atoms with Gasteiger partial charge in [0.2, 0.25) is 0 Å². The molecule has 1 aromatic carbocycles. The van der Waals surface area contributed by atoms with Crippen LogP contribution in [0.25, 0.3) is 11.3 Å². The van der Waals surface area contributed by atoms with E-state index in [4.69, 9.17) is 5.73 Å². The standard InChI is InChI=1S/C10H8F2N2S/c1-5-2-6(11)9(7(12)3-5)8-4-15-10(13)14-8/h2-4H,1H3,(H2,13,14). The highest BCUT2D eigenvalue weighted by Crippen LogP contribution is 2.28. The van der Waals surface area contributed by atoms with Gasteiger partial charge in [0.15, 0.2) is 5.13 Å². The number of nitrogens with two attached hydrogens (primary N) is 1. The van der Waals surface area contributed by atoms with E-state index in [1.807, 2.05) is 0 Å². The van der Waals surface area contributed by atoms with Crippen LogP contribution in [0, 0.1) is 18.6 Å². The van der Waals surface area contributed by atoms with E-state index in [9.17, 15) is 8.78 Å². The molecule has 0 spiro atoms. The normalized spacial score (nSPS) is 10.6. The molecular formula is C10H8F2N2S. The second-order valence-corrected chi connectivity index (χ2v) is 4.06. The number of nitrogens with zero attached hydrogens (tertiary/aromatic N) is 1. The van der Waals surface area contributed by atoms with Crippen molar-refractivity contribution in [3.63, 3.8) is 0 Å². The largest absolute Gasteiger partial charge is 0.375 e. The lowest BCUT2D eigenvalue weighted by Crippen LogP contribution is -1.92. The van der Waals surface area contributed by atoms with Crippen LogP contribution in [-0.2, 0) is 0 Å².